The Balaban J connectivity index is 1.58. The fraction of sp³-hybridized carbons (Fsp3) is 0.333. The van der Waals surface area contributed by atoms with Gasteiger partial charge in [0.15, 0.2) is 5.78 Å². The fourth-order valence-electron chi connectivity index (χ4n) is 3.01. The molecule has 1 saturated heterocycles. The zero-order valence-electron chi connectivity index (χ0n) is 15.8. The molecule has 27 heavy (non-hydrogen) atoms. The van der Waals surface area contributed by atoms with E-state index in [1.54, 1.807) is 55.6 Å². The second kappa shape index (κ2) is 8.79. The summed E-state index contributed by atoms with van der Waals surface area (Å²) < 4.78 is 5.14. The summed E-state index contributed by atoms with van der Waals surface area (Å²) in [5.74, 6) is 0.517. The van der Waals surface area contributed by atoms with Crippen molar-refractivity contribution in [3.8, 4) is 5.75 Å². The molecule has 3 rings (SSSR count). The lowest BCUT2D eigenvalue weighted by atomic mass is 10.1. The van der Waals surface area contributed by atoms with E-state index < -0.39 is 0 Å². The molecule has 142 valence electrons. The Morgan fingerprint density at radius 2 is 1.70 bits per heavy atom. The van der Waals surface area contributed by atoms with Crippen LogP contribution in [0.5, 0.6) is 5.75 Å². The second-order valence-corrected chi connectivity index (χ2v) is 6.77. The highest BCUT2D eigenvalue weighted by molar-refractivity contribution is 6.05. The number of ketones is 1. The molecule has 6 heteroatoms. The summed E-state index contributed by atoms with van der Waals surface area (Å²) in [5, 5.41) is 2.84. The minimum absolute atomic E-state index is 0.102. The number of likely N-dealkylation sites (N-methyl/N-ethyl adjacent to an activating group) is 1. The summed E-state index contributed by atoms with van der Waals surface area (Å²) in [6.45, 7) is 4.24. The molecule has 0 spiro atoms. The van der Waals surface area contributed by atoms with Crippen LogP contribution in [0.25, 0.3) is 0 Å². The Bertz CT molecular complexity index is 797. The van der Waals surface area contributed by atoms with Crippen molar-refractivity contribution >= 4 is 17.4 Å². The number of nitrogens with zero attached hydrogens (tertiary/aromatic N) is 2. The number of carbonyl (C=O) groups is 2. The lowest BCUT2D eigenvalue weighted by Crippen LogP contribution is -2.46. The molecule has 0 aromatic heterocycles. The highest BCUT2D eigenvalue weighted by atomic mass is 16.5. The molecule has 0 atom stereocenters. The van der Waals surface area contributed by atoms with E-state index in [1.807, 2.05) is 0 Å². The van der Waals surface area contributed by atoms with Gasteiger partial charge in [-0.15, -0.1) is 0 Å². The monoisotopic (exact) mass is 367 g/mol. The maximum absolute atomic E-state index is 12.5. The number of benzene rings is 2. The standard InChI is InChI=1S/C21H25N3O3/c1-23-10-12-24(13-11-23)15-20(25)16-6-8-18(9-7-16)22-21(26)17-4-3-5-19(14-17)27-2/h3-9,14H,10-13,15H2,1-2H3,(H,22,26). The minimum Gasteiger partial charge on any atom is -0.497 e. The van der Waals surface area contributed by atoms with E-state index in [2.05, 4.69) is 22.2 Å². The van der Waals surface area contributed by atoms with Gasteiger partial charge in [-0.25, -0.2) is 0 Å². The van der Waals surface area contributed by atoms with Gasteiger partial charge in [0.2, 0.25) is 0 Å². The molecule has 0 bridgehead atoms. The third kappa shape index (κ3) is 5.15. The number of methoxy groups -OCH3 is 1. The molecular formula is C21H25N3O3. The molecule has 0 radical (unpaired) electrons. The van der Waals surface area contributed by atoms with E-state index in [4.69, 9.17) is 4.74 Å². The highest BCUT2D eigenvalue weighted by Crippen LogP contribution is 2.16. The smallest absolute Gasteiger partial charge is 0.255 e. The van der Waals surface area contributed by atoms with Gasteiger partial charge in [-0.3, -0.25) is 14.5 Å². The summed E-state index contributed by atoms with van der Waals surface area (Å²) >= 11 is 0. The quantitative estimate of drug-likeness (QED) is 0.795. The average molecular weight is 367 g/mol. The molecule has 1 heterocycles. The minimum atomic E-state index is -0.217. The maximum Gasteiger partial charge on any atom is 0.255 e. The predicted octanol–water partition coefficient (Wildman–Crippen LogP) is 2.38. The number of rotatable bonds is 6. The van der Waals surface area contributed by atoms with Crippen LogP contribution in [-0.4, -0.2) is 68.4 Å². The number of piperazine rings is 1. The van der Waals surface area contributed by atoms with E-state index in [1.165, 1.54) is 0 Å². The Labute approximate surface area is 159 Å². The largest absolute Gasteiger partial charge is 0.497 e. The molecule has 1 amide bonds. The van der Waals surface area contributed by atoms with Crippen molar-refractivity contribution in [2.75, 3.05) is 52.2 Å². The zero-order valence-corrected chi connectivity index (χ0v) is 15.8. The van der Waals surface area contributed by atoms with Gasteiger partial charge in [0.05, 0.1) is 13.7 Å². The molecule has 2 aromatic carbocycles. The molecule has 0 aliphatic carbocycles. The zero-order chi connectivity index (χ0) is 19.2. The van der Waals surface area contributed by atoms with Crippen molar-refractivity contribution < 1.29 is 14.3 Å². The molecule has 1 aliphatic rings. The van der Waals surface area contributed by atoms with Crippen molar-refractivity contribution in [3.05, 3.63) is 59.7 Å². The van der Waals surface area contributed by atoms with E-state index in [9.17, 15) is 9.59 Å². The lowest BCUT2D eigenvalue weighted by Gasteiger charge is -2.31. The van der Waals surface area contributed by atoms with Gasteiger partial charge < -0.3 is 15.0 Å². The van der Waals surface area contributed by atoms with Gasteiger partial charge in [-0.2, -0.15) is 0 Å². The molecule has 1 N–H and O–H groups in total. The van der Waals surface area contributed by atoms with Gasteiger partial charge in [-0.05, 0) is 49.5 Å². The van der Waals surface area contributed by atoms with E-state index >= 15 is 0 Å². The van der Waals surface area contributed by atoms with E-state index in [0.717, 1.165) is 26.2 Å². The van der Waals surface area contributed by atoms with Crippen LogP contribution >= 0.6 is 0 Å². The topological polar surface area (TPSA) is 61.9 Å². The highest BCUT2D eigenvalue weighted by Gasteiger charge is 2.17. The molecule has 1 aliphatic heterocycles. The molecule has 2 aromatic rings. The van der Waals surface area contributed by atoms with Gasteiger partial charge in [0.1, 0.15) is 5.75 Å². The van der Waals surface area contributed by atoms with Gasteiger partial charge in [0.25, 0.3) is 5.91 Å². The Morgan fingerprint density at radius 3 is 2.37 bits per heavy atom. The number of hydrogen-bond donors (Lipinski definition) is 1. The molecule has 1 fully saturated rings. The summed E-state index contributed by atoms with van der Waals surface area (Å²) in [6.07, 6.45) is 0. The number of Topliss-reactive ketones (excluding diaryl/α,β-unsaturated/α-hetero) is 1. The molecule has 0 saturated carbocycles. The van der Waals surface area contributed by atoms with Gasteiger partial charge >= 0.3 is 0 Å². The van der Waals surface area contributed by atoms with Crippen molar-refractivity contribution in [1.82, 2.24) is 9.80 Å². The number of anilines is 1. The Morgan fingerprint density at radius 1 is 1.00 bits per heavy atom. The summed E-state index contributed by atoms with van der Waals surface area (Å²) in [5.41, 5.74) is 1.83. The number of carbonyl (C=O) groups excluding carboxylic acids is 2. The number of amides is 1. The normalized spacial score (nSPS) is 15.3. The number of hydrogen-bond acceptors (Lipinski definition) is 5. The summed E-state index contributed by atoms with van der Waals surface area (Å²) in [7, 11) is 3.66. The second-order valence-electron chi connectivity index (χ2n) is 6.77. The molecule has 0 unspecified atom stereocenters. The number of nitrogens with one attached hydrogen (secondary N) is 1. The first-order chi connectivity index (χ1) is 13.0. The number of ether oxygens (including phenoxy) is 1. The summed E-state index contributed by atoms with van der Waals surface area (Å²) in [4.78, 5) is 29.3. The van der Waals surface area contributed by atoms with Crippen molar-refractivity contribution in [2.24, 2.45) is 0 Å². The summed E-state index contributed by atoms with van der Waals surface area (Å²) in [6, 6.07) is 14.0. The third-order valence-corrected chi connectivity index (χ3v) is 4.76. The SMILES string of the molecule is COc1cccc(C(=O)Nc2ccc(C(=O)CN3CCN(C)CC3)cc2)c1. The van der Waals surface area contributed by atoms with Crippen LogP contribution in [0.15, 0.2) is 48.5 Å². The first-order valence-electron chi connectivity index (χ1n) is 9.05. The van der Waals surface area contributed by atoms with E-state index in [0.29, 0.717) is 29.1 Å². The van der Waals surface area contributed by atoms with Crippen molar-refractivity contribution in [3.63, 3.8) is 0 Å². The lowest BCUT2D eigenvalue weighted by molar-refractivity contribution is 0.0876. The van der Waals surface area contributed by atoms with Crippen LogP contribution in [0.2, 0.25) is 0 Å². The predicted molar refractivity (Wildman–Crippen MR) is 106 cm³/mol. The first kappa shape index (κ1) is 19.1. The van der Waals surface area contributed by atoms with Gasteiger partial charge in [-0.1, -0.05) is 6.07 Å². The van der Waals surface area contributed by atoms with Crippen LogP contribution < -0.4 is 10.1 Å². The third-order valence-electron chi connectivity index (χ3n) is 4.76. The van der Waals surface area contributed by atoms with E-state index in [-0.39, 0.29) is 11.7 Å². The Hall–Kier alpha value is -2.70. The first-order valence-corrected chi connectivity index (χ1v) is 9.05. The van der Waals surface area contributed by atoms with Crippen LogP contribution in [0, 0.1) is 0 Å². The molecular weight excluding hydrogens is 342 g/mol. The van der Waals surface area contributed by atoms with Crippen molar-refractivity contribution in [1.29, 1.82) is 0 Å². The van der Waals surface area contributed by atoms with Crippen molar-refractivity contribution in [2.45, 2.75) is 0 Å². The van der Waals surface area contributed by atoms with Crippen LogP contribution in [-0.2, 0) is 0 Å². The van der Waals surface area contributed by atoms with Crippen LogP contribution in [0.1, 0.15) is 20.7 Å². The van der Waals surface area contributed by atoms with Crippen LogP contribution in [0.4, 0.5) is 5.69 Å². The van der Waals surface area contributed by atoms with Crippen LogP contribution in [0.3, 0.4) is 0 Å². The fourth-order valence-corrected chi connectivity index (χ4v) is 3.01. The van der Waals surface area contributed by atoms with Gasteiger partial charge in [0, 0.05) is 43.0 Å². The maximum atomic E-state index is 12.5. The molecule has 6 nitrogen and oxygen atoms in total. The average Bonchev–Trinajstić information content (AvgIpc) is 2.70. The Kier molecular flexibility index (Phi) is 6.21.